The lowest BCUT2D eigenvalue weighted by Crippen LogP contribution is -2.35. The molecule has 0 saturated heterocycles. The zero-order valence-electron chi connectivity index (χ0n) is 16.2. The number of amides is 2. The summed E-state index contributed by atoms with van der Waals surface area (Å²) in [7, 11) is 0. The van der Waals surface area contributed by atoms with Gasteiger partial charge in [-0.15, -0.1) is 10.2 Å². The van der Waals surface area contributed by atoms with Crippen LogP contribution in [0, 0.1) is 5.82 Å². The second-order valence-electron chi connectivity index (χ2n) is 7.20. The van der Waals surface area contributed by atoms with Crippen LogP contribution in [0.25, 0.3) is 11.4 Å². The Bertz CT molecular complexity index is 1040. The highest BCUT2D eigenvalue weighted by molar-refractivity contribution is 6.06. The quantitative estimate of drug-likeness (QED) is 0.653. The maximum atomic E-state index is 13.1. The van der Waals surface area contributed by atoms with Crippen LogP contribution in [0.4, 0.5) is 10.1 Å². The molecule has 1 fully saturated rings. The number of rotatable bonds is 6. The molecule has 0 radical (unpaired) electrons. The van der Waals surface area contributed by atoms with Crippen LogP contribution < -0.4 is 10.6 Å². The van der Waals surface area contributed by atoms with Crippen molar-refractivity contribution in [3.05, 3.63) is 59.9 Å². The van der Waals surface area contributed by atoms with Gasteiger partial charge in [-0.2, -0.15) is 4.80 Å². The minimum Gasteiger partial charge on any atom is -0.352 e. The molecule has 8 nitrogen and oxygen atoms in total. The second-order valence-corrected chi connectivity index (χ2v) is 7.20. The molecule has 30 heavy (non-hydrogen) atoms. The van der Waals surface area contributed by atoms with Crippen molar-refractivity contribution >= 4 is 17.5 Å². The number of carbonyl (C=O) groups excluding carboxylic acids is 2. The van der Waals surface area contributed by atoms with Gasteiger partial charge >= 0.3 is 0 Å². The molecule has 2 N–H and O–H groups in total. The van der Waals surface area contributed by atoms with Crippen molar-refractivity contribution in [3.63, 3.8) is 0 Å². The number of para-hydroxylation sites is 1. The number of hydrogen-bond donors (Lipinski definition) is 2. The van der Waals surface area contributed by atoms with E-state index in [2.05, 4.69) is 26.0 Å². The molecule has 0 bridgehead atoms. The van der Waals surface area contributed by atoms with Crippen molar-refractivity contribution in [1.29, 1.82) is 0 Å². The first kappa shape index (κ1) is 19.7. The molecule has 0 spiro atoms. The van der Waals surface area contributed by atoms with Crippen LogP contribution in [0.15, 0.2) is 48.5 Å². The lowest BCUT2D eigenvalue weighted by atomic mass is 10.1. The lowest BCUT2D eigenvalue weighted by molar-refractivity contribution is -0.122. The Morgan fingerprint density at radius 2 is 1.80 bits per heavy atom. The third kappa shape index (κ3) is 4.68. The van der Waals surface area contributed by atoms with Crippen molar-refractivity contribution in [1.82, 2.24) is 25.5 Å². The van der Waals surface area contributed by atoms with Gasteiger partial charge in [-0.25, -0.2) is 4.39 Å². The minimum atomic E-state index is -0.412. The zero-order chi connectivity index (χ0) is 20.9. The van der Waals surface area contributed by atoms with E-state index in [0.717, 1.165) is 25.7 Å². The van der Waals surface area contributed by atoms with Crippen molar-refractivity contribution in [2.24, 2.45) is 0 Å². The van der Waals surface area contributed by atoms with Crippen molar-refractivity contribution in [3.8, 4) is 11.4 Å². The molecule has 0 unspecified atom stereocenters. The number of nitrogens with one attached hydrogen (secondary N) is 2. The number of nitrogens with zero attached hydrogens (tertiary/aromatic N) is 4. The maximum absolute atomic E-state index is 13.1. The first-order valence-electron chi connectivity index (χ1n) is 9.82. The molecular formula is C21H21FN6O2. The first-order chi connectivity index (χ1) is 14.6. The van der Waals surface area contributed by atoms with Gasteiger partial charge in [0, 0.05) is 17.2 Å². The van der Waals surface area contributed by atoms with Crippen molar-refractivity contribution in [2.75, 3.05) is 5.32 Å². The summed E-state index contributed by atoms with van der Waals surface area (Å²) in [4.78, 5) is 25.9. The fraction of sp³-hybridized carbons (Fsp3) is 0.286. The van der Waals surface area contributed by atoms with Crippen molar-refractivity contribution in [2.45, 2.75) is 38.3 Å². The van der Waals surface area contributed by atoms with Crippen LogP contribution in [0.3, 0.4) is 0 Å². The van der Waals surface area contributed by atoms with Crippen LogP contribution in [0.2, 0.25) is 0 Å². The van der Waals surface area contributed by atoms with Gasteiger partial charge in [0.25, 0.3) is 5.91 Å². The average molecular weight is 408 g/mol. The summed E-state index contributed by atoms with van der Waals surface area (Å²) in [6.07, 6.45) is 4.28. The van der Waals surface area contributed by atoms with E-state index < -0.39 is 5.82 Å². The fourth-order valence-electron chi connectivity index (χ4n) is 3.47. The number of hydrogen-bond acceptors (Lipinski definition) is 5. The van der Waals surface area contributed by atoms with Gasteiger partial charge in [0.05, 0.1) is 5.69 Å². The molecule has 1 heterocycles. The predicted octanol–water partition coefficient (Wildman–Crippen LogP) is 2.79. The third-order valence-electron chi connectivity index (χ3n) is 4.98. The van der Waals surface area contributed by atoms with E-state index in [0.29, 0.717) is 22.6 Å². The fourth-order valence-corrected chi connectivity index (χ4v) is 3.47. The van der Waals surface area contributed by atoms with Gasteiger partial charge in [-0.1, -0.05) is 25.0 Å². The van der Waals surface area contributed by atoms with Crippen LogP contribution in [0.5, 0.6) is 0 Å². The van der Waals surface area contributed by atoms with Crippen LogP contribution >= 0.6 is 0 Å². The molecule has 9 heteroatoms. The van der Waals surface area contributed by atoms with E-state index >= 15 is 0 Å². The standard InChI is InChI=1S/C21H21FN6O2/c22-15-11-9-14(10-12-15)21(30)24-18-8-4-3-7-17(18)20-25-27-28(26-20)13-19(29)23-16-5-1-2-6-16/h3-4,7-12,16H,1-2,5-6,13H2,(H,23,29)(H,24,30). The lowest BCUT2D eigenvalue weighted by Gasteiger charge is -2.10. The number of carbonyl (C=O) groups is 2. The van der Waals surface area contributed by atoms with E-state index in [1.807, 2.05) is 0 Å². The SMILES string of the molecule is O=C(Cn1nnc(-c2ccccc2NC(=O)c2ccc(F)cc2)n1)NC1CCCC1. The Hall–Kier alpha value is -3.62. The Morgan fingerprint density at radius 1 is 1.07 bits per heavy atom. The maximum Gasteiger partial charge on any atom is 0.255 e. The molecule has 0 atom stereocenters. The van der Waals surface area contributed by atoms with Gasteiger partial charge in [0.1, 0.15) is 12.4 Å². The molecular weight excluding hydrogens is 387 g/mol. The Kier molecular flexibility index (Phi) is 5.78. The van der Waals surface area contributed by atoms with Crippen LogP contribution in [0.1, 0.15) is 36.0 Å². The molecule has 1 aliphatic rings. The largest absolute Gasteiger partial charge is 0.352 e. The number of benzene rings is 2. The van der Waals surface area contributed by atoms with E-state index in [4.69, 9.17) is 0 Å². The van der Waals surface area contributed by atoms with Crippen LogP contribution in [-0.4, -0.2) is 38.1 Å². The Morgan fingerprint density at radius 3 is 2.57 bits per heavy atom. The molecule has 4 rings (SSSR count). The van der Waals surface area contributed by atoms with E-state index in [9.17, 15) is 14.0 Å². The second kappa shape index (κ2) is 8.81. The smallest absolute Gasteiger partial charge is 0.255 e. The summed E-state index contributed by atoms with van der Waals surface area (Å²) in [5.41, 5.74) is 1.38. The summed E-state index contributed by atoms with van der Waals surface area (Å²) in [6, 6.07) is 12.5. The number of anilines is 1. The number of aromatic nitrogens is 4. The molecule has 0 aliphatic heterocycles. The molecule has 1 saturated carbocycles. The summed E-state index contributed by atoms with van der Waals surface area (Å²) < 4.78 is 13.1. The van der Waals surface area contributed by atoms with E-state index in [-0.39, 0.29) is 24.4 Å². The third-order valence-corrected chi connectivity index (χ3v) is 4.98. The average Bonchev–Trinajstić information content (AvgIpc) is 3.41. The van der Waals surface area contributed by atoms with Gasteiger partial charge < -0.3 is 10.6 Å². The van der Waals surface area contributed by atoms with Crippen LogP contribution in [-0.2, 0) is 11.3 Å². The molecule has 2 aromatic carbocycles. The summed E-state index contributed by atoms with van der Waals surface area (Å²) in [6.45, 7) is -0.0202. The van der Waals surface area contributed by atoms with E-state index in [1.54, 1.807) is 24.3 Å². The van der Waals surface area contributed by atoms with Gasteiger partial charge in [-0.3, -0.25) is 9.59 Å². The van der Waals surface area contributed by atoms with Gasteiger partial charge in [-0.05, 0) is 54.5 Å². The Labute approximate surface area is 172 Å². The zero-order valence-corrected chi connectivity index (χ0v) is 16.2. The Balaban J connectivity index is 1.46. The first-order valence-corrected chi connectivity index (χ1v) is 9.82. The minimum absolute atomic E-state index is 0.0202. The highest BCUT2D eigenvalue weighted by atomic mass is 19.1. The van der Waals surface area contributed by atoms with Crippen molar-refractivity contribution < 1.29 is 14.0 Å². The number of tetrazole rings is 1. The molecule has 1 aromatic heterocycles. The highest BCUT2D eigenvalue weighted by Gasteiger charge is 2.19. The predicted molar refractivity (Wildman–Crippen MR) is 108 cm³/mol. The molecule has 3 aromatic rings. The summed E-state index contributed by atoms with van der Waals surface area (Å²) in [5.74, 6) is -0.655. The monoisotopic (exact) mass is 408 g/mol. The topological polar surface area (TPSA) is 102 Å². The summed E-state index contributed by atoms with van der Waals surface area (Å²) >= 11 is 0. The van der Waals surface area contributed by atoms with Gasteiger partial charge in [0.15, 0.2) is 0 Å². The molecule has 1 aliphatic carbocycles. The number of halogens is 1. The molecule has 154 valence electrons. The summed E-state index contributed by atoms with van der Waals surface area (Å²) in [5, 5.41) is 18.0. The molecule has 2 amide bonds. The van der Waals surface area contributed by atoms with Gasteiger partial charge in [0.2, 0.25) is 11.7 Å². The normalized spacial score (nSPS) is 13.9. The highest BCUT2D eigenvalue weighted by Crippen LogP contribution is 2.25. The van der Waals surface area contributed by atoms with E-state index in [1.165, 1.54) is 29.1 Å².